The zero-order valence-corrected chi connectivity index (χ0v) is 13.2. The number of carbonyl (C=O) groups is 2. The minimum atomic E-state index is -0.459. The molecule has 1 aromatic carbocycles. The molecule has 0 spiro atoms. The van der Waals surface area contributed by atoms with Gasteiger partial charge in [0.1, 0.15) is 0 Å². The van der Waals surface area contributed by atoms with Gasteiger partial charge in [-0.05, 0) is 49.7 Å². The Kier molecular flexibility index (Phi) is 4.95. The number of amides is 1. The van der Waals surface area contributed by atoms with Crippen molar-refractivity contribution in [1.29, 1.82) is 0 Å². The van der Waals surface area contributed by atoms with Crippen molar-refractivity contribution < 1.29 is 14.3 Å². The molecule has 0 saturated carbocycles. The van der Waals surface area contributed by atoms with Crippen molar-refractivity contribution in [1.82, 2.24) is 10.3 Å². The number of carbonyl (C=O) groups excluding carboxylic acids is 2. The molecule has 120 valence electrons. The summed E-state index contributed by atoms with van der Waals surface area (Å²) < 4.78 is 4.60. The molecule has 0 bridgehead atoms. The summed E-state index contributed by atoms with van der Waals surface area (Å²) in [5.41, 5.74) is 2.70. The van der Waals surface area contributed by atoms with Gasteiger partial charge in [-0.1, -0.05) is 0 Å². The Morgan fingerprint density at radius 3 is 2.30 bits per heavy atom. The molecule has 2 N–H and O–H groups in total. The second kappa shape index (κ2) is 6.91. The van der Waals surface area contributed by atoms with E-state index in [0.29, 0.717) is 16.7 Å². The highest BCUT2D eigenvalue weighted by Gasteiger charge is 2.11. The van der Waals surface area contributed by atoms with Gasteiger partial charge < -0.3 is 15.0 Å². The minimum absolute atomic E-state index is 0.138. The van der Waals surface area contributed by atoms with Gasteiger partial charge in [0.05, 0.1) is 12.7 Å². The van der Waals surface area contributed by atoms with Crippen molar-refractivity contribution >= 4 is 11.9 Å². The lowest BCUT2D eigenvalue weighted by molar-refractivity contribution is 0.0600. The van der Waals surface area contributed by atoms with Gasteiger partial charge in [-0.15, -0.1) is 0 Å². The van der Waals surface area contributed by atoms with Crippen LogP contribution in [0, 0.1) is 13.8 Å². The maximum Gasteiger partial charge on any atom is 0.337 e. The number of H-pyrrole nitrogens is 1. The van der Waals surface area contributed by atoms with Gasteiger partial charge in [0.2, 0.25) is 0 Å². The van der Waals surface area contributed by atoms with Crippen LogP contribution in [0.25, 0.3) is 0 Å². The third kappa shape index (κ3) is 3.85. The van der Waals surface area contributed by atoms with E-state index in [1.807, 2.05) is 13.0 Å². The maximum absolute atomic E-state index is 12.1. The van der Waals surface area contributed by atoms with Crippen LogP contribution < -0.4 is 10.9 Å². The average molecular weight is 314 g/mol. The predicted octanol–water partition coefficient (Wildman–Crippen LogP) is 1.71. The van der Waals surface area contributed by atoms with Gasteiger partial charge >= 0.3 is 5.97 Å². The number of aryl methyl sites for hydroxylation is 2. The van der Waals surface area contributed by atoms with E-state index in [9.17, 15) is 14.4 Å². The number of nitrogens with one attached hydrogen (secondary N) is 2. The molecular formula is C17H18N2O4. The van der Waals surface area contributed by atoms with Crippen LogP contribution in [0.3, 0.4) is 0 Å². The molecule has 0 atom stereocenters. The summed E-state index contributed by atoms with van der Waals surface area (Å²) in [5, 5.41) is 2.70. The molecule has 0 aliphatic rings. The third-order valence-corrected chi connectivity index (χ3v) is 3.49. The SMILES string of the molecule is COC(=O)c1ccc(C(=O)NCc2c(C)cc(C)[nH]c2=O)cc1. The Morgan fingerprint density at radius 1 is 1.13 bits per heavy atom. The lowest BCUT2D eigenvalue weighted by Crippen LogP contribution is -2.27. The summed E-state index contributed by atoms with van der Waals surface area (Å²) >= 11 is 0. The van der Waals surface area contributed by atoms with E-state index in [1.165, 1.54) is 31.4 Å². The number of benzene rings is 1. The molecule has 0 saturated heterocycles. The van der Waals surface area contributed by atoms with Gasteiger partial charge in [-0.25, -0.2) is 4.79 Å². The van der Waals surface area contributed by atoms with Crippen LogP contribution in [0.5, 0.6) is 0 Å². The van der Waals surface area contributed by atoms with Gasteiger partial charge in [-0.2, -0.15) is 0 Å². The molecule has 0 unspecified atom stereocenters. The van der Waals surface area contributed by atoms with E-state index >= 15 is 0 Å². The topological polar surface area (TPSA) is 88.3 Å². The Bertz CT molecular complexity index is 791. The molecule has 6 nitrogen and oxygen atoms in total. The largest absolute Gasteiger partial charge is 0.465 e. The summed E-state index contributed by atoms with van der Waals surface area (Å²) in [4.78, 5) is 38.1. The summed E-state index contributed by atoms with van der Waals surface area (Å²) in [7, 11) is 1.30. The lowest BCUT2D eigenvalue weighted by atomic mass is 10.1. The number of hydrogen-bond acceptors (Lipinski definition) is 4. The third-order valence-electron chi connectivity index (χ3n) is 3.49. The molecule has 0 radical (unpaired) electrons. The zero-order valence-electron chi connectivity index (χ0n) is 13.2. The van der Waals surface area contributed by atoms with E-state index in [4.69, 9.17) is 0 Å². The molecule has 1 amide bonds. The number of methoxy groups -OCH3 is 1. The number of aromatic amines is 1. The molecule has 0 aliphatic heterocycles. The Hall–Kier alpha value is -2.89. The highest BCUT2D eigenvalue weighted by atomic mass is 16.5. The van der Waals surface area contributed by atoms with Crippen LogP contribution in [0.2, 0.25) is 0 Å². The second-order valence-electron chi connectivity index (χ2n) is 5.19. The van der Waals surface area contributed by atoms with Crippen LogP contribution in [-0.2, 0) is 11.3 Å². The molecule has 1 heterocycles. The summed E-state index contributed by atoms with van der Waals surface area (Å²) in [6, 6.07) is 7.96. The standard InChI is InChI=1S/C17H18N2O4/c1-10-8-11(2)19-16(21)14(10)9-18-15(20)12-4-6-13(7-5-12)17(22)23-3/h4-8H,9H2,1-3H3,(H,18,20)(H,19,21). The molecule has 0 fully saturated rings. The van der Waals surface area contributed by atoms with E-state index in [-0.39, 0.29) is 18.0 Å². The number of rotatable bonds is 4. The fourth-order valence-electron chi connectivity index (χ4n) is 2.25. The fourth-order valence-corrected chi connectivity index (χ4v) is 2.25. The van der Waals surface area contributed by atoms with Crippen LogP contribution >= 0.6 is 0 Å². The van der Waals surface area contributed by atoms with Crippen LogP contribution in [0.15, 0.2) is 35.1 Å². The minimum Gasteiger partial charge on any atom is -0.465 e. The van der Waals surface area contributed by atoms with Gasteiger partial charge in [0.15, 0.2) is 0 Å². The van der Waals surface area contributed by atoms with Crippen molar-refractivity contribution in [2.45, 2.75) is 20.4 Å². The van der Waals surface area contributed by atoms with Gasteiger partial charge in [0.25, 0.3) is 11.5 Å². The monoisotopic (exact) mass is 314 g/mol. The van der Waals surface area contributed by atoms with Crippen LogP contribution in [0.4, 0.5) is 0 Å². The van der Waals surface area contributed by atoms with Crippen molar-refractivity contribution in [2.75, 3.05) is 7.11 Å². The fraction of sp³-hybridized carbons (Fsp3) is 0.235. The quantitative estimate of drug-likeness (QED) is 0.841. The first-order valence-electron chi connectivity index (χ1n) is 7.08. The molecule has 0 aliphatic carbocycles. The summed E-state index contributed by atoms with van der Waals surface area (Å²) in [6.07, 6.45) is 0. The normalized spacial score (nSPS) is 10.2. The van der Waals surface area contributed by atoms with E-state index in [0.717, 1.165) is 11.3 Å². The average Bonchev–Trinajstić information content (AvgIpc) is 2.53. The molecule has 1 aromatic heterocycles. The highest BCUT2D eigenvalue weighted by Crippen LogP contribution is 2.07. The van der Waals surface area contributed by atoms with E-state index in [2.05, 4.69) is 15.0 Å². The Morgan fingerprint density at radius 2 is 1.74 bits per heavy atom. The second-order valence-corrected chi connectivity index (χ2v) is 5.19. The molecule has 2 rings (SSSR count). The highest BCUT2D eigenvalue weighted by molar-refractivity contribution is 5.96. The smallest absolute Gasteiger partial charge is 0.337 e. The van der Waals surface area contributed by atoms with Gasteiger partial charge in [0, 0.05) is 23.4 Å². The number of hydrogen-bond donors (Lipinski definition) is 2. The molecule has 6 heteroatoms. The first-order valence-corrected chi connectivity index (χ1v) is 7.08. The van der Waals surface area contributed by atoms with Crippen molar-refractivity contribution in [3.8, 4) is 0 Å². The van der Waals surface area contributed by atoms with Crippen molar-refractivity contribution in [3.05, 3.63) is 68.6 Å². The number of esters is 1. The molecule has 23 heavy (non-hydrogen) atoms. The summed E-state index contributed by atoms with van der Waals surface area (Å²) in [6.45, 7) is 3.77. The van der Waals surface area contributed by atoms with Crippen LogP contribution in [0.1, 0.15) is 37.5 Å². The number of ether oxygens (including phenoxy) is 1. The van der Waals surface area contributed by atoms with Crippen molar-refractivity contribution in [2.24, 2.45) is 0 Å². The maximum atomic E-state index is 12.1. The Labute approximate surface area is 133 Å². The molecular weight excluding hydrogens is 296 g/mol. The molecule has 2 aromatic rings. The Balaban J connectivity index is 2.08. The van der Waals surface area contributed by atoms with E-state index < -0.39 is 5.97 Å². The lowest BCUT2D eigenvalue weighted by Gasteiger charge is -2.08. The van der Waals surface area contributed by atoms with Crippen molar-refractivity contribution in [3.63, 3.8) is 0 Å². The predicted molar refractivity (Wildman–Crippen MR) is 85.5 cm³/mol. The first kappa shape index (κ1) is 16.5. The van der Waals surface area contributed by atoms with Gasteiger partial charge in [-0.3, -0.25) is 9.59 Å². The number of pyridine rings is 1. The van der Waals surface area contributed by atoms with E-state index in [1.54, 1.807) is 6.92 Å². The van der Waals surface area contributed by atoms with Crippen LogP contribution in [-0.4, -0.2) is 24.0 Å². The zero-order chi connectivity index (χ0) is 17.0. The summed E-state index contributed by atoms with van der Waals surface area (Å²) in [5.74, 6) is -0.778. The number of aromatic nitrogens is 1. The first-order chi connectivity index (χ1) is 10.9.